The number of benzene rings is 1. The summed E-state index contributed by atoms with van der Waals surface area (Å²) in [5.41, 5.74) is 2.79. The van der Waals surface area contributed by atoms with Crippen LogP contribution in [-0.2, 0) is 6.54 Å². The molecule has 0 unspecified atom stereocenters. The van der Waals surface area contributed by atoms with Gasteiger partial charge < -0.3 is 4.90 Å². The first-order valence-electron chi connectivity index (χ1n) is 7.91. The molecule has 0 bridgehead atoms. The predicted molar refractivity (Wildman–Crippen MR) is 98.5 cm³/mol. The summed E-state index contributed by atoms with van der Waals surface area (Å²) in [5.74, 6) is 0.728. The van der Waals surface area contributed by atoms with Crippen molar-refractivity contribution in [2.24, 2.45) is 0 Å². The Balaban J connectivity index is 1.60. The summed E-state index contributed by atoms with van der Waals surface area (Å²) in [5, 5.41) is 10.3. The summed E-state index contributed by atoms with van der Waals surface area (Å²) in [7, 11) is 1.79. The van der Waals surface area contributed by atoms with E-state index in [0.717, 1.165) is 27.5 Å². The highest BCUT2D eigenvalue weighted by Crippen LogP contribution is 2.29. The van der Waals surface area contributed by atoms with Crippen molar-refractivity contribution in [2.75, 3.05) is 7.05 Å². The molecule has 4 aromatic rings. The van der Waals surface area contributed by atoms with Crippen molar-refractivity contribution in [3.05, 3.63) is 76.9 Å². The molecule has 0 saturated carbocycles. The molecule has 5 nitrogen and oxygen atoms in total. The van der Waals surface area contributed by atoms with Gasteiger partial charge in [0.15, 0.2) is 11.5 Å². The molecule has 0 N–H and O–H groups in total. The Morgan fingerprint density at radius 1 is 1.08 bits per heavy atom. The number of nitrogens with zero attached hydrogens (tertiary/aromatic N) is 4. The smallest absolute Gasteiger partial charge is 0.264 e. The van der Waals surface area contributed by atoms with Gasteiger partial charge in [0.25, 0.3) is 5.91 Å². The lowest BCUT2D eigenvalue weighted by atomic mass is 10.1. The molecule has 0 aliphatic rings. The van der Waals surface area contributed by atoms with Crippen molar-refractivity contribution < 1.29 is 4.79 Å². The molecule has 124 valence electrons. The van der Waals surface area contributed by atoms with Crippen LogP contribution in [0.5, 0.6) is 0 Å². The van der Waals surface area contributed by atoms with Crippen LogP contribution in [0.2, 0.25) is 0 Å². The topological polar surface area (TPSA) is 50.5 Å². The summed E-state index contributed by atoms with van der Waals surface area (Å²) >= 11 is 1.46. The van der Waals surface area contributed by atoms with Gasteiger partial charge in [-0.2, -0.15) is 0 Å². The Labute approximate surface area is 149 Å². The zero-order chi connectivity index (χ0) is 17.2. The SMILES string of the molecule is CN(Cc1nnc2ccccn12)C(=O)c1sccc1-c1ccccc1. The lowest BCUT2D eigenvalue weighted by Gasteiger charge is -2.16. The molecule has 0 fully saturated rings. The minimum absolute atomic E-state index is 0.0125. The number of pyridine rings is 1. The highest BCUT2D eigenvalue weighted by molar-refractivity contribution is 7.12. The number of amides is 1. The number of hydrogen-bond donors (Lipinski definition) is 0. The molecular formula is C19H16N4OS. The van der Waals surface area contributed by atoms with Crippen molar-refractivity contribution in [2.45, 2.75) is 6.54 Å². The normalized spacial score (nSPS) is 10.9. The van der Waals surface area contributed by atoms with E-state index in [1.54, 1.807) is 11.9 Å². The summed E-state index contributed by atoms with van der Waals surface area (Å²) < 4.78 is 1.90. The fourth-order valence-electron chi connectivity index (χ4n) is 2.78. The van der Waals surface area contributed by atoms with E-state index in [0.29, 0.717) is 6.54 Å². The van der Waals surface area contributed by atoms with Gasteiger partial charge in [-0.25, -0.2) is 0 Å². The van der Waals surface area contributed by atoms with Crippen molar-refractivity contribution in [1.29, 1.82) is 0 Å². The van der Waals surface area contributed by atoms with E-state index < -0.39 is 0 Å². The Kier molecular flexibility index (Phi) is 4.03. The van der Waals surface area contributed by atoms with Gasteiger partial charge in [-0.15, -0.1) is 21.5 Å². The standard InChI is InChI=1S/C19H16N4OS/c1-22(13-17-21-20-16-9-5-6-11-23(16)17)19(24)18-15(10-12-25-18)14-7-3-2-4-8-14/h2-12H,13H2,1H3. The highest BCUT2D eigenvalue weighted by Gasteiger charge is 2.20. The molecule has 0 spiro atoms. The number of aromatic nitrogens is 3. The summed E-state index contributed by atoms with van der Waals surface area (Å²) in [6, 6.07) is 17.7. The van der Waals surface area contributed by atoms with Crippen molar-refractivity contribution in [1.82, 2.24) is 19.5 Å². The van der Waals surface area contributed by atoms with Gasteiger partial charge >= 0.3 is 0 Å². The third kappa shape index (κ3) is 2.92. The van der Waals surface area contributed by atoms with Gasteiger partial charge in [0.1, 0.15) is 0 Å². The Morgan fingerprint density at radius 3 is 2.72 bits per heavy atom. The maximum atomic E-state index is 12.9. The summed E-state index contributed by atoms with van der Waals surface area (Å²) in [4.78, 5) is 15.4. The van der Waals surface area contributed by atoms with Crippen molar-refractivity contribution >= 4 is 22.9 Å². The molecular weight excluding hydrogens is 332 g/mol. The largest absolute Gasteiger partial charge is 0.333 e. The number of hydrogen-bond acceptors (Lipinski definition) is 4. The third-order valence-corrected chi connectivity index (χ3v) is 4.96. The van der Waals surface area contributed by atoms with Crippen LogP contribution in [0.1, 0.15) is 15.5 Å². The van der Waals surface area contributed by atoms with Crippen LogP contribution in [0.15, 0.2) is 66.2 Å². The van der Waals surface area contributed by atoms with Crippen molar-refractivity contribution in [3.8, 4) is 11.1 Å². The Hall–Kier alpha value is -2.99. The quantitative estimate of drug-likeness (QED) is 0.565. The number of thiophene rings is 1. The molecule has 0 radical (unpaired) electrons. The lowest BCUT2D eigenvalue weighted by molar-refractivity contribution is 0.0786. The van der Waals surface area contributed by atoms with E-state index in [1.165, 1.54) is 11.3 Å². The van der Waals surface area contributed by atoms with Crippen molar-refractivity contribution in [3.63, 3.8) is 0 Å². The van der Waals surface area contributed by atoms with Crippen LogP contribution in [-0.4, -0.2) is 32.5 Å². The van der Waals surface area contributed by atoms with Crippen LogP contribution in [0, 0.1) is 0 Å². The molecule has 6 heteroatoms. The second kappa shape index (κ2) is 6.49. The Morgan fingerprint density at radius 2 is 1.88 bits per heavy atom. The first-order chi connectivity index (χ1) is 12.2. The van der Waals surface area contributed by atoms with Gasteiger partial charge in [-0.1, -0.05) is 36.4 Å². The molecule has 1 aromatic carbocycles. The van der Waals surface area contributed by atoms with E-state index in [9.17, 15) is 4.79 Å². The van der Waals surface area contributed by atoms with Gasteiger partial charge in [0, 0.05) is 18.8 Å². The van der Waals surface area contributed by atoms with Crippen LogP contribution in [0.4, 0.5) is 0 Å². The molecule has 3 aromatic heterocycles. The first-order valence-corrected chi connectivity index (χ1v) is 8.79. The summed E-state index contributed by atoms with van der Waals surface area (Å²) in [6.07, 6.45) is 1.91. The van der Waals surface area contributed by atoms with E-state index in [-0.39, 0.29) is 5.91 Å². The average Bonchev–Trinajstić information content (AvgIpc) is 3.29. The minimum atomic E-state index is -0.0125. The van der Waals surface area contributed by atoms with E-state index in [4.69, 9.17) is 0 Å². The fourth-order valence-corrected chi connectivity index (χ4v) is 3.69. The van der Waals surface area contributed by atoms with E-state index >= 15 is 0 Å². The minimum Gasteiger partial charge on any atom is -0.333 e. The highest BCUT2D eigenvalue weighted by atomic mass is 32.1. The van der Waals surface area contributed by atoms with Gasteiger partial charge in [-0.3, -0.25) is 9.20 Å². The molecule has 0 aliphatic carbocycles. The predicted octanol–water partition coefficient (Wildman–Crippen LogP) is 3.73. The zero-order valence-corrected chi connectivity index (χ0v) is 14.5. The number of rotatable bonds is 4. The van der Waals surface area contributed by atoms with Crippen LogP contribution < -0.4 is 0 Å². The second-order valence-corrected chi connectivity index (χ2v) is 6.65. The van der Waals surface area contributed by atoms with Crippen LogP contribution in [0.3, 0.4) is 0 Å². The number of fused-ring (bicyclic) bond motifs is 1. The third-order valence-electron chi connectivity index (χ3n) is 4.05. The molecule has 0 atom stereocenters. The maximum Gasteiger partial charge on any atom is 0.264 e. The monoisotopic (exact) mass is 348 g/mol. The Bertz CT molecular complexity index is 1020. The molecule has 25 heavy (non-hydrogen) atoms. The van der Waals surface area contributed by atoms with E-state index in [2.05, 4.69) is 10.2 Å². The second-order valence-electron chi connectivity index (χ2n) is 5.74. The van der Waals surface area contributed by atoms with Crippen LogP contribution >= 0.6 is 11.3 Å². The lowest BCUT2D eigenvalue weighted by Crippen LogP contribution is -2.26. The molecule has 3 heterocycles. The zero-order valence-electron chi connectivity index (χ0n) is 13.7. The van der Waals surface area contributed by atoms with Gasteiger partial charge in [-0.05, 0) is 29.1 Å². The van der Waals surface area contributed by atoms with Gasteiger partial charge in [0.2, 0.25) is 0 Å². The summed E-state index contributed by atoms with van der Waals surface area (Å²) in [6.45, 7) is 0.399. The molecule has 1 amide bonds. The van der Waals surface area contributed by atoms with Crippen LogP contribution in [0.25, 0.3) is 16.8 Å². The number of carbonyl (C=O) groups excluding carboxylic acids is 1. The molecule has 0 saturated heterocycles. The van der Waals surface area contributed by atoms with E-state index in [1.807, 2.05) is 70.6 Å². The number of carbonyl (C=O) groups is 1. The molecule has 4 rings (SSSR count). The fraction of sp³-hybridized carbons (Fsp3) is 0.105. The maximum absolute atomic E-state index is 12.9. The molecule has 0 aliphatic heterocycles. The average molecular weight is 348 g/mol. The first kappa shape index (κ1) is 15.5. The van der Waals surface area contributed by atoms with Gasteiger partial charge in [0.05, 0.1) is 11.4 Å².